The highest BCUT2D eigenvalue weighted by Crippen LogP contribution is 2.29. The van der Waals surface area contributed by atoms with Gasteiger partial charge < -0.3 is 5.32 Å². The van der Waals surface area contributed by atoms with Crippen molar-refractivity contribution in [2.24, 2.45) is 5.92 Å². The Bertz CT molecular complexity index is 507. The molecule has 17 heavy (non-hydrogen) atoms. The Kier molecular flexibility index (Phi) is 3.40. The van der Waals surface area contributed by atoms with E-state index in [1.807, 2.05) is 13.0 Å². The second-order valence-electron chi connectivity index (χ2n) is 4.51. The first-order valence-corrected chi connectivity index (χ1v) is 7.29. The van der Waals surface area contributed by atoms with Crippen LogP contribution in [-0.2, 0) is 10.0 Å². The lowest BCUT2D eigenvalue weighted by Crippen LogP contribution is -2.19. The molecule has 0 aliphatic heterocycles. The van der Waals surface area contributed by atoms with Crippen LogP contribution in [0.2, 0.25) is 0 Å². The van der Waals surface area contributed by atoms with Crippen LogP contribution in [-0.4, -0.2) is 22.0 Å². The molecule has 1 aliphatic carbocycles. The molecule has 1 saturated carbocycles. The molecule has 4 nitrogen and oxygen atoms in total. The Morgan fingerprint density at radius 1 is 1.35 bits per heavy atom. The zero-order valence-corrected chi connectivity index (χ0v) is 11.0. The van der Waals surface area contributed by atoms with Gasteiger partial charge in [-0.05, 0) is 50.4 Å². The Balaban J connectivity index is 2.21. The number of anilines is 1. The van der Waals surface area contributed by atoms with Crippen LogP contribution in [0.3, 0.4) is 0 Å². The van der Waals surface area contributed by atoms with Gasteiger partial charge in [-0.2, -0.15) is 0 Å². The molecule has 0 amide bonds. The first kappa shape index (κ1) is 12.4. The lowest BCUT2D eigenvalue weighted by atomic mass is 10.2. The summed E-state index contributed by atoms with van der Waals surface area (Å²) >= 11 is 0. The molecule has 1 aliphatic rings. The number of hydrogen-bond donors (Lipinski definition) is 2. The minimum atomic E-state index is -3.35. The minimum Gasteiger partial charge on any atom is -0.385 e. The molecular formula is C12H18N2O2S. The third-order valence-corrected chi connectivity index (χ3v) is 4.48. The number of hydrogen-bond acceptors (Lipinski definition) is 3. The summed E-state index contributed by atoms with van der Waals surface area (Å²) in [5.74, 6) is 0.763. The van der Waals surface area contributed by atoms with Crippen molar-refractivity contribution in [3.8, 4) is 0 Å². The van der Waals surface area contributed by atoms with Gasteiger partial charge in [0.15, 0.2) is 0 Å². The monoisotopic (exact) mass is 254 g/mol. The van der Waals surface area contributed by atoms with Gasteiger partial charge in [-0.3, -0.25) is 0 Å². The summed E-state index contributed by atoms with van der Waals surface area (Å²) in [4.78, 5) is 0.309. The van der Waals surface area contributed by atoms with Crippen LogP contribution in [0.15, 0.2) is 23.1 Å². The fourth-order valence-corrected chi connectivity index (χ4v) is 2.41. The van der Waals surface area contributed by atoms with E-state index in [4.69, 9.17) is 0 Å². The fraction of sp³-hybridized carbons (Fsp3) is 0.500. The Hall–Kier alpha value is -1.07. The second kappa shape index (κ2) is 4.66. The smallest absolute Gasteiger partial charge is 0.240 e. The maximum absolute atomic E-state index is 11.7. The van der Waals surface area contributed by atoms with E-state index in [1.54, 1.807) is 12.1 Å². The predicted octanol–water partition coefficient (Wildman–Crippen LogP) is 1.73. The molecule has 5 heteroatoms. The summed E-state index contributed by atoms with van der Waals surface area (Å²) in [6.45, 7) is 2.91. The van der Waals surface area contributed by atoms with Gasteiger partial charge in [-0.15, -0.1) is 0 Å². The van der Waals surface area contributed by atoms with Crippen LogP contribution < -0.4 is 10.0 Å². The van der Waals surface area contributed by atoms with Crippen molar-refractivity contribution in [1.82, 2.24) is 4.72 Å². The molecular weight excluding hydrogens is 236 g/mol. The zero-order valence-electron chi connectivity index (χ0n) is 10.2. The molecule has 0 bridgehead atoms. The van der Waals surface area contributed by atoms with Crippen LogP contribution in [0.1, 0.15) is 18.4 Å². The molecule has 0 atom stereocenters. The van der Waals surface area contributed by atoms with E-state index in [0.29, 0.717) is 4.90 Å². The van der Waals surface area contributed by atoms with E-state index in [9.17, 15) is 8.42 Å². The summed E-state index contributed by atoms with van der Waals surface area (Å²) in [5.41, 5.74) is 1.98. The molecule has 0 saturated heterocycles. The molecule has 2 N–H and O–H groups in total. The first-order chi connectivity index (χ1) is 8.03. The summed E-state index contributed by atoms with van der Waals surface area (Å²) in [7, 11) is -1.93. The number of benzene rings is 1. The molecule has 94 valence electrons. The Morgan fingerprint density at radius 3 is 2.65 bits per heavy atom. The van der Waals surface area contributed by atoms with Crippen LogP contribution in [0.5, 0.6) is 0 Å². The van der Waals surface area contributed by atoms with E-state index in [-0.39, 0.29) is 0 Å². The molecule has 0 unspecified atom stereocenters. The Morgan fingerprint density at radius 2 is 2.06 bits per heavy atom. The van der Waals surface area contributed by atoms with Gasteiger partial charge in [-0.25, -0.2) is 13.1 Å². The highest BCUT2D eigenvalue weighted by atomic mass is 32.2. The maximum Gasteiger partial charge on any atom is 0.240 e. The van der Waals surface area contributed by atoms with Crippen LogP contribution in [0.25, 0.3) is 0 Å². The molecule has 1 fully saturated rings. The van der Waals surface area contributed by atoms with Crippen LogP contribution in [0, 0.1) is 12.8 Å². The maximum atomic E-state index is 11.7. The quantitative estimate of drug-likeness (QED) is 0.841. The summed E-state index contributed by atoms with van der Waals surface area (Å²) < 4.78 is 25.7. The van der Waals surface area contributed by atoms with Gasteiger partial charge in [0.25, 0.3) is 0 Å². The average Bonchev–Trinajstić information content (AvgIpc) is 3.11. The van der Waals surface area contributed by atoms with Crippen LogP contribution >= 0.6 is 0 Å². The van der Waals surface area contributed by atoms with Gasteiger partial charge in [0.2, 0.25) is 10.0 Å². The molecule has 0 radical (unpaired) electrons. The van der Waals surface area contributed by atoms with E-state index < -0.39 is 10.0 Å². The highest BCUT2D eigenvalue weighted by Gasteiger charge is 2.21. The molecule has 0 aromatic heterocycles. The lowest BCUT2D eigenvalue weighted by Gasteiger charge is -2.11. The van der Waals surface area contributed by atoms with Gasteiger partial charge in [0.05, 0.1) is 4.90 Å². The molecule has 1 aromatic rings. The number of sulfonamides is 1. The van der Waals surface area contributed by atoms with Crippen molar-refractivity contribution in [2.75, 3.05) is 18.9 Å². The van der Waals surface area contributed by atoms with Crippen molar-refractivity contribution in [1.29, 1.82) is 0 Å². The summed E-state index contributed by atoms with van der Waals surface area (Å²) in [6.07, 6.45) is 2.56. The van der Waals surface area contributed by atoms with Crippen molar-refractivity contribution < 1.29 is 8.42 Å². The normalized spacial score (nSPS) is 15.9. The predicted molar refractivity (Wildman–Crippen MR) is 68.6 cm³/mol. The second-order valence-corrected chi connectivity index (χ2v) is 6.40. The summed E-state index contributed by atoms with van der Waals surface area (Å²) in [5, 5.41) is 3.32. The van der Waals surface area contributed by atoms with Crippen LogP contribution in [0.4, 0.5) is 5.69 Å². The molecule has 0 heterocycles. The molecule has 0 spiro atoms. The number of aryl methyl sites for hydroxylation is 1. The SMILES string of the molecule is CNS(=O)(=O)c1ccc(C)c(NCC2CC2)c1. The first-order valence-electron chi connectivity index (χ1n) is 5.81. The Labute approximate surface area is 102 Å². The third kappa shape index (κ3) is 2.98. The van der Waals surface area contributed by atoms with Crippen molar-refractivity contribution in [3.63, 3.8) is 0 Å². The van der Waals surface area contributed by atoms with Crippen molar-refractivity contribution >= 4 is 15.7 Å². The standard InChI is InChI=1S/C12H18N2O2S/c1-9-3-6-11(17(15,16)13-2)7-12(9)14-8-10-4-5-10/h3,6-7,10,13-14H,4-5,8H2,1-2H3. The zero-order chi connectivity index (χ0) is 12.5. The van der Waals surface area contributed by atoms with Gasteiger partial charge in [-0.1, -0.05) is 6.07 Å². The van der Waals surface area contributed by atoms with Gasteiger partial charge >= 0.3 is 0 Å². The number of nitrogens with one attached hydrogen (secondary N) is 2. The van der Waals surface area contributed by atoms with Gasteiger partial charge in [0.1, 0.15) is 0 Å². The molecule has 1 aromatic carbocycles. The van der Waals surface area contributed by atoms with E-state index in [1.165, 1.54) is 19.9 Å². The minimum absolute atomic E-state index is 0.309. The van der Waals surface area contributed by atoms with Crippen molar-refractivity contribution in [2.45, 2.75) is 24.7 Å². The van der Waals surface area contributed by atoms with E-state index in [2.05, 4.69) is 10.0 Å². The van der Waals surface area contributed by atoms with Crippen molar-refractivity contribution in [3.05, 3.63) is 23.8 Å². The lowest BCUT2D eigenvalue weighted by molar-refractivity contribution is 0.588. The van der Waals surface area contributed by atoms with E-state index in [0.717, 1.165) is 23.7 Å². The average molecular weight is 254 g/mol. The number of rotatable bonds is 5. The van der Waals surface area contributed by atoms with E-state index >= 15 is 0 Å². The third-order valence-electron chi connectivity index (χ3n) is 3.07. The molecule has 2 rings (SSSR count). The highest BCUT2D eigenvalue weighted by molar-refractivity contribution is 7.89. The summed E-state index contributed by atoms with van der Waals surface area (Å²) in [6, 6.07) is 5.16. The largest absolute Gasteiger partial charge is 0.385 e. The van der Waals surface area contributed by atoms with Gasteiger partial charge in [0, 0.05) is 12.2 Å². The topological polar surface area (TPSA) is 58.2 Å². The fourth-order valence-electron chi connectivity index (χ4n) is 1.65.